The van der Waals surface area contributed by atoms with Crippen molar-refractivity contribution < 1.29 is 18.4 Å². The molecule has 5 nitrogen and oxygen atoms in total. The van der Waals surface area contributed by atoms with Gasteiger partial charge >= 0.3 is 0 Å². The van der Waals surface area contributed by atoms with E-state index in [0.717, 1.165) is 5.56 Å². The van der Waals surface area contributed by atoms with E-state index in [1.165, 1.54) is 6.92 Å². The molecule has 7 heteroatoms. The van der Waals surface area contributed by atoms with Gasteiger partial charge in [0.2, 0.25) is 11.8 Å². The Morgan fingerprint density at radius 1 is 1.41 bits per heavy atom. The van der Waals surface area contributed by atoms with Crippen molar-refractivity contribution in [2.45, 2.75) is 38.3 Å². The number of carbonyl (C=O) groups excluding carboxylic acids is 2. The van der Waals surface area contributed by atoms with Crippen molar-refractivity contribution in [2.75, 3.05) is 11.9 Å². The molecule has 0 saturated carbocycles. The second-order valence-corrected chi connectivity index (χ2v) is 5.53. The van der Waals surface area contributed by atoms with Crippen molar-refractivity contribution in [3.8, 4) is 0 Å². The normalized spacial score (nSPS) is 21.2. The first kappa shape index (κ1) is 16.4. The highest BCUT2D eigenvalue weighted by atomic mass is 19.3. The highest BCUT2D eigenvalue weighted by Crippen LogP contribution is 2.25. The minimum absolute atomic E-state index is 0.189. The molecule has 0 bridgehead atoms. The molecule has 3 N–H and O–H groups in total. The second kappa shape index (κ2) is 6.39. The number of rotatable bonds is 4. The van der Waals surface area contributed by atoms with Gasteiger partial charge in [-0.25, -0.2) is 8.78 Å². The largest absolute Gasteiger partial charge is 0.348 e. The van der Waals surface area contributed by atoms with Gasteiger partial charge < -0.3 is 10.6 Å². The molecule has 0 aromatic heterocycles. The average molecular weight is 311 g/mol. The predicted octanol–water partition coefficient (Wildman–Crippen LogP) is 1.82. The van der Waals surface area contributed by atoms with Crippen LogP contribution in [0.25, 0.3) is 0 Å². The zero-order valence-corrected chi connectivity index (χ0v) is 12.5. The van der Waals surface area contributed by atoms with E-state index in [4.69, 9.17) is 0 Å². The molecule has 1 aromatic rings. The summed E-state index contributed by atoms with van der Waals surface area (Å²) in [5.74, 6) is -3.47. The van der Waals surface area contributed by atoms with Crippen LogP contribution in [0.15, 0.2) is 24.3 Å². The van der Waals surface area contributed by atoms with E-state index >= 15 is 0 Å². The van der Waals surface area contributed by atoms with Gasteiger partial charge in [-0.05, 0) is 24.6 Å². The third kappa shape index (κ3) is 4.24. The molecule has 1 heterocycles. The molecule has 2 rings (SSSR count). The van der Waals surface area contributed by atoms with Gasteiger partial charge in [0.1, 0.15) is 0 Å². The Kier molecular flexibility index (Phi) is 4.75. The molecule has 2 amide bonds. The molecule has 1 fully saturated rings. The Bertz CT molecular complexity index is 578. The van der Waals surface area contributed by atoms with Gasteiger partial charge in [-0.15, -0.1) is 0 Å². The quantitative estimate of drug-likeness (QED) is 0.794. The van der Waals surface area contributed by atoms with Crippen LogP contribution in [0.4, 0.5) is 14.5 Å². The Hall–Kier alpha value is -2.02. The lowest BCUT2D eigenvalue weighted by Gasteiger charge is -2.18. The van der Waals surface area contributed by atoms with Gasteiger partial charge in [0, 0.05) is 19.0 Å². The number of alkyl halides is 2. The smallest absolute Gasteiger partial charge is 0.262 e. The van der Waals surface area contributed by atoms with Gasteiger partial charge in [0.05, 0.1) is 18.6 Å². The van der Waals surface area contributed by atoms with Crippen molar-refractivity contribution in [3.63, 3.8) is 0 Å². The van der Waals surface area contributed by atoms with Crippen LogP contribution in [-0.4, -0.2) is 30.3 Å². The molecule has 1 aliphatic rings. The van der Waals surface area contributed by atoms with E-state index in [0.29, 0.717) is 5.69 Å². The average Bonchev–Trinajstić information content (AvgIpc) is 2.78. The maximum Gasteiger partial charge on any atom is 0.262 e. The van der Waals surface area contributed by atoms with E-state index in [1.54, 1.807) is 31.2 Å². The topological polar surface area (TPSA) is 70.2 Å². The Morgan fingerprint density at radius 3 is 2.73 bits per heavy atom. The first-order valence-corrected chi connectivity index (χ1v) is 7.06. The molecular formula is C15H19F2N3O2. The number of hydrogen-bond donors (Lipinski definition) is 3. The fourth-order valence-electron chi connectivity index (χ4n) is 2.39. The van der Waals surface area contributed by atoms with E-state index in [-0.39, 0.29) is 11.9 Å². The molecule has 2 unspecified atom stereocenters. The summed E-state index contributed by atoms with van der Waals surface area (Å²) in [7, 11) is 0. The molecule has 0 aliphatic carbocycles. The maximum absolute atomic E-state index is 13.1. The van der Waals surface area contributed by atoms with Gasteiger partial charge in [-0.3, -0.25) is 14.9 Å². The minimum atomic E-state index is -2.84. The van der Waals surface area contributed by atoms with Gasteiger partial charge in [-0.2, -0.15) is 0 Å². The SMILES string of the molecule is CC(=O)Nc1cccc(C(C)NC(=O)C2CC(F)(F)CN2)c1. The number of halogens is 2. The van der Waals surface area contributed by atoms with E-state index in [1.807, 2.05) is 0 Å². The third-order valence-corrected chi connectivity index (χ3v) is 3.49. The van der Waals surface area contributed by atoms with Crippen LogP contribution in [0, 0.1) is 0 Å². The van der Waals surface area contributed by atoms with Crippen LogP contribution < -0.4 is 16.0 Å². The van der Waals surface area contributed by atoms with Crippen LogP contribution in [0.3, 0.4) is 0 Å². The molecule has 0 radical (unpaired) electrons. The number of benzene rings is 1. The van der Waals surface area contributed by atoms with Crippen molar-refractivity contribution >= 4 is 17.5 Å². The molecular weight excluding hydrogens is 292 g/mol. The van der Waals surface area contributed by atoms with Crippen LogP contribution in [-0.2, 0) is 9.59 Å². The van der Waals surface area contributed by atoms with Crippen LogP contribution in [0.1, 0.15) is 31.9 Å². The van der Waals surface area contributed by atoms with E-state index < -0.39 is 30.8 Å². The number of amides is 2. The fraction of sp³-hybridized carbons (Fsp3) is 0.467. The van der Waals surface area contributed by atoms with Crippen LogP contribution >= 0.6 is 0 Å². The Morgan fingerprint density at radius 2 is 2.14 bits per heavy atom. The molecule has 1 saturated heterocycles. The summed E-state index contributed by atoms with van der Waals surface area (Å²) in [6.07, 6.45) is -0.489. The standard InChI is InChI=1S/C15H19F2N3O2/c1-9(11-4-3-5-12(6-11)20-10(2)21)19-14(22)13-7-15(16,17)8-18-13/h3-6,9,13,18H,7-8H2,1-2H3,(H,19,22)(H,20,21). The molecule has 120 valence electrons. The summed E-state index contributed by atoms with van der Waals surface area (Å²) in [5.41, 5.74) is 1.40. The summed E-state index contributed by atoms with van der Waals surface area (Å²) in [6, 6.07) is 5.80. The predicted molar refractivity (Wildman–Crippen MR) is 78.7 cm³/mol. The zero-order valence-electron chi connectivity index (χ0n) is 12.5. The summed E-state index contributed by atoms with van der Waals surface area (Å²) >= 11 is 0. The first-order chi connectivity index (χ1) is 10.3. The van der Waals surface area contributed by atoms with Crippen molar-refractivity contribution in [2.24, 2.45) is 0 Å². The van der Waals surface area contributed by atoms with Crippen molar-refractivity contribution in [1.82, 2.24) is 10.6 Å². The first-order valence-electron chi connectivity index (χ1n) is 7.06. The summed E-state index contributed by atoms with van der Waals surface area (Å²) < 4.78 is 26.2. The number of carbonyl (C=O) groups is 2. The highest BCUT2D eigenvalue weighted by Gasteiger charge is 2.42. The lowest BCUT2D eigenvalue weighted by molar-refractivity contribution is -0.124. The van der Waals surface area contributed by atoms with Crippen LogP contribution in [0.5, 0.6) is 0 Å². The van der Waals surface area contributed by atoms with Gasteiger partial charge in [0.15, 0.2) is 0 Å². The zero-order chi connectivity index (χ0) is 16.3. The Labute approximate surface area is 127 Å². The lowest BCUT2D eigenvalue weighted by atomic mass is 10.1. The lowest BCUT2D eigenvalue weighted by Crippen LogP contribution is -2.41. The summed E-state index contributed by atoms with van der Waals surface area (Å²) in [5, 5.41) is 7.89. The second-order valence-electron chi connectivity index (χ2n) is 5.53. The minimum Gasteiger partial charge on any atom is -0.348 e. The Balaban J connectivity index is 1.98. The molecule has 1 aliphatic heterocycles. The van der Waals surface area contributed by atoms with Crippen molar-refractivity contribution in [3.05, 3.63) is 29.8 Å². The van der Waals surface area contributed by atoms with Crippen molar-refractivity contribution in [1.29, 1.82) is 0 Å². The molecule has 22 heavy (non-hydrogen) atoms. The van der Waals surface area contributed by atoms with Gasteiger partial charge in [0.25, 0.3) is 5.92 Å². The van der Waals surface area contributed by atoms with Crippen LogP contribution in [0.2, 0.25) is 0 Å². The van der Waals surface area contributed by atoms with E-state index in [9.17, 15) is 18.4 Å². The third-order valence-electron chi connectivity index (χ3n) is 3.49. The monoisotopic (exact) mass is 311 g/mol. The summed E-state index contributed by atoms with van der Waals surface area (Å²) in [4.78, 5) is 23.0. The number of anilines is 1. The molecule has 0 spiro atoms. The molecule has 2 atom stereocenters. The van der Waals surface area contributed by atoms with E-state index in [2.05, 4.69) is 16.0 Å². The highest BCUT2D eigenvalue weighted by molar-refractivity contribution is 5.88. The fourth-order valence-corrected chi connectivity index (χ4v) is 2.39. The number of hydrogen-bond acceptors (Lipinski definition) is 3. The maximum atomic E-state index is 13.1. The summed E-state index contributed by atoms with van der Waals surface area (Å²) in [6.45, 7) is 2.69. The number of nitrogens with one attached hydrogen (secondary N) is 3. The molecule has 1 aromatic carbocycles. The van der Waals surface area contributed by atoms with Gasteiger partial charge in [-0.1, -0.05) is 12.1 Å².